The van der Waals surface area contributed by atoms with E-state index in [4.69, 9.17) is 28.3 Å². The van der Waals surface area contributed by atoms with Crippen molar-refractivity contribution in [1.29, 1.82) is 0 Å². The third-order valence-corrected chi connectivity index (χ3v) is 8.82. The molecule has 3 aromatic carbocycles. The standard InChI is InChI=1S/C29H26BrCl2NO3S/c1-2-3-22(17-4-6-19(7-5-17)29(36)33-13-12-26(34)35)27(18-8-10-20(31)11-9-18)24-16-37-28-23(24)14-21(32)15-25(28)30/h4-11,14-16,22,27H,2-3,12-13H2,1H3,(H,33,36)(H,34,35)/t22-,27?/m1/s1. The van der Waals surface area contributed by atoms with Crippen molar-refractivity contribution < 1.29 is 14.7 Å². The molecule has 4 aromatic rings. The van der Waals surface area contributed by atoms with E-state index in [9.17, 15) is 9.59 Å². The summed E-state index contributed by atoms with van der Waals surface area (Å²) < 4.78 is 2.13. The summed E-state index contributed by atoms with van der Waals surface area (Å²) in [7, 11) is 0. The highest BCUT2D eigenvalue weighted by Crippen LogP contribution is 2.47. The Labute approximate surface area is 238 Å². The van der Waals surface area contributed by atoms with Crippen LogP contribution in [0.25, 0.3) is 10.1 Å². The Kier molecular flexibility index (Phi) is 9.30. The highest BCUT2D eigenvalue weighted by atomic mass is 79.9. The van der Waals surface area contributed by atoms with Crippen LogP contribution in [0, 0.1) is 0 Å². The second kappa shape index (κ2) is 12.4. The number of rotatable bonds is 10. The molecule has 4 rings (SSSR count). The number of carbonyl (C=O) groups excluding carboxylic acids is 1. The Morgan fingerprint density at radius 1 is 1.00 bits per heavy atom. The summed E-state index contributed by atoms with van der Waals surface area (Å²) in [5, 5.41) is 16.2. The average Bonchev–Trinajstić information content (AvgIpc) is 3.28. The summed E-state index contributed by atoms with van der Waals surface area (Å²) in [6.45, 7) is 2.27. The van der Waals surface area contributed by atoms with Gasteiger partial charge in [-0.2, -0.15) is 0 Å². The lowest BCUT2D eigenvalue weighted by Gasteiger charge is -2.29. The highest BCUT2D eigenvalue weighted by Gasteiger charge is 2.29. The van der Waals surface area contributed by atoms with Gasteiger partial charge in [0.15, 0.2) is 0 Å². The van der Waals surface area contributed by atoms with Crippen LogP contribution in [-0.2, 0) is 4.79 Å². The minimum atomic E-state index is -0.944. The van der Waals surface area contributed by atoms with Crippen LogP contribution < -0.4 is 5.32 Å². The number of fused-ring (bicyclic) bond motifs is 1. The van der Waals surface area contributed by atoms with E-state index < -0.39 is 5.97 Å². The molecule has 8 heteroatoms. The summed E-state index contributed by atoms with van der Waals surface area (Å²) in [6.07, 6.45) is 1.81. The maximum atomic E-state index is 12.5. The largest absolute Gasteiger partial charge is 0.481 e. The van der Waals surface area contributed by atoms with Gasteiger partial charge in [-0.1, -0.05) is 60.8 Å². The molecule has 0 radical (unpaired) electrons. The zero-order chi connectivity index (χ0) is 26.5. The van der Waals surface area contributed by atoms with Gasteiger partial charge in [-0.15, -0.1) is 11.3 Å². The lowest BCUT2D eigenvalue weighted by Crippen LogP contribution is -2.26. The molecule has 192 valence electrons. The minimum Gasteiger partial charge on any atom is -0.481 e. The van der Waals surface area contributed by atoms with E-state index in [0.717, 1.165) is 38.5 Å². The van der Waals surface area contributed by atoms with E-state index in [1.165, 1.54) is 5.56 Å². The van der Waals surface area contributed by atoms with Crippen molar-refractivity contribution in [3.05, 3.63) is 103 Å². The Hall–Kier alpha value is -2.38. The Morgan fingerprint density at radius 2 is 1.68 bits per heavy atom. The fourth-order valence-corrected chi connectivity index (χ4v) is 6.93. The number of hydrogen-bond donors (Lipinski definition) is 2. The van der Waals surface area contributed by atoms with Crippen LogP contribution in [-0.4, -0.2) is 23.5 Å². The van der Waals surface area contributed by atoms with Gasteiger partial charge >= 0.3 is 5.97 Å². The Balaban J connectivity index is 1.76. The number of aliphatic carboxylic acids is 1. The first kappa shape index (κ1) is 27.6. The summed E-state index contributed by atoms with van der Waals surface area (Å²) in [5.74, 6) is -1.03. The van der Waals surface area contributed by atoms with Crippen LogP contribution in [0.15, 0.2) is 70.5 Å². The number of hydrogen-bond acceptors (Lipinski definition) is 3. The Morgan fingerprint density at radius 3 is 2.32 bits per heavy atom. The van der Waals surface area contributed by atoms with Crippen molar-refractivity contribution in [2.75, 3.05) is 6.54 Å². The summed E-state index contributed by atoms with van der Waals surface area (Å²) >= 11 is 18.1. The topological polar surface area (TPSA) is 66.4 Å². The van der Waals surface area contributed by atoms with Gasteiger partial charge in [0.25, 0.3) is 5.91 Å². The molecule has 0 saturated heterocycles. The summed E-state index contributed by atoms with van der Waals surface area (Å²) in [4.78, 5) is 23.2. The van der Waals surface area contributed by atoms with Crippen LogP contribution in [0.2, 0.25) is 10.0 Å². The number of carboxylic acid groups (broad SMARTS) is 1. The molecule has 0 bridgehead atoms. The van der Waals surface area contributed by atoms with Gasteiger partial charge < -0.3 is 10.4 Å². The quantitative estimate of drug-likeness (QED) is 0.186. The van der Waals surface area contributed by atoms with Gasteiger partial charge in [-0.3, -0.25) is 9.59 Å². The van der Waals surface area contributed by atoms with Gasteiger partial charge in [0, 0.05) is 37.2 Å². The van der Waals surface area contributed by atoms with E-state index in [1.54, 1.807) is 11.3 Å². The number of thiophene rings is 1. The van der Waals surface area contributed by atoms with Crippen LogP contribution in [0.1, 0.15) is 65.1 Å². The SMILES string of the molecule is CCC[C@H](c1ccc(C(=O)NCCC(=O)O)cc1)C(c1ccc(Cl)cc1)c1csc2c(Br)cc(Cl)cc12. The van der Waals surface area contributed by atoms with Crippen LogP contribution >= 0.6 is 50.5 Å². The van der Waals surface area contributed by atoms with Crippen LogP contribution in [0.5, 0.6) is 0 Å². The highest BCUT2D eigenvalue weighted by molar-refractivity contribution is 9.10. The molecule has 0 saturated carbocycles. The number of carbonyl (C=O) groups is 2. The first-order valence-electron chi connectivity index (χ1n) is 12.0. The smallest absolute Gasteiger partial charge is 0.305 e. The van der Waals surface area contributed by atoms with Gasteiger partial charge in [0.1, 0.15) is 0 Å². The third-order valence-electron chi connectivity index (χ3n) is 6.41. The number of nitrogens with one attached hydrogen (secondary N) is 1. The van der Waals surface area contributed by atoms with Gasteiger partial charge in [0.05, 0.1) is 6.42 Å². The molecular formula is C29H26BrCl2NO3S. The first-order valence-corrected chi connectivity index (χ1v) is 14.4. The van der Waals surface area contributed by atoms with Gasteiger partial charge in [-0.05, 0) is 92.1 Å². The molecule has 0 spiro atoms. The molecule has 0 aliphatic heterocycles. The normalized spacial score (nSPS) is 12.9. The van der Waals surface area contributed by atoms with Crippen molar-refractivity contribution in [1.82, 2.24) is 5.32 Å². The fourth-order valence-electron chi connectivity index (χ4n) is 4.72. The predicted octanol–water partition coefficient (Wildman–Crippen LogP) is 8.89. The molecule has 1 aromatic heterocycles. The van der Waals surface area contributed by atoms with E-state index in [0.29, 0.717) is 15.6 Å². The van der Waals surface area contributed by atoms with Crippen molar-refractivity contribution >= 4 is 72.4 Å². The summed E-state index contributed by atoms with van der Waals surface area (Å²) in [6, 6.07) is 19.6. The van der Waals surface area contributed by atoms with Gasteiger partial charge in [-0.25, -0.2) is 0 Å². The van der Waals surface area contributed by atoms with Crippen molar-refractivity contribution in [2.24, 2.45) is 0 Å². The van der Waals surface area contributed by atoms with Crippen molar-refractivity contribution in [3.63, 3.8) is 0 Å². The predicted molar refractivity (Wildman–Crippen MR) is 157 cm³/mol. The zero-order valence-electron chi connectivity index (χ0n) is 20.1. The van der Waals surface area contributed by atoms with Crippen molar-refractivity contribution in [3.8, 4) is 0 Å². The molecule has 0 aliphatic carbocycles. The molecular weight excluding hydrogens is 593 g/mol. The molecule has 37 heavy (non-hydrogen) atoms. The molecule has 0 fully saturated rings. The molecule has 1 amide bonds. The second-order valence-corrected chi connectivity index (χ2v) is 11.5. The van der Waals surface area contributed by atoms with Gasteiger partial charge in [0.2, 0.25) is 0 Å². The maximum absolute atomic E-state index is 12.5. The second-order valence-electron chi connectivity index (χ2n) is 8.90. The number of benzene rings is 3. The molecule has 2 atom stereocenters. The molecule has 0 aliphatic rings. The Bertz CT molecular complexity index is 1400. The monoisotopic (exact) mass is 617 g/mol. The van der Waals surface area contributed by atoms with E-state index >= 15 is 0 Å². The van der Waals surface area contributed by atoms with Crippen molar-refractivity contribution in [2.45, 2.75) is 38.0 Å². The molecule has 4 nitrogen and oxygen atoms in total. The number of halogens is 3. The minimum absolute atomic E-state index is 0.0478. The zero-order valence-corrected chi connectivity index (χ0v) is 24.1. The maximum Gasteiger partial charge on any atom is 0.305 e. The van der Waals surface area contributed by atoms with Crippen LogP contribution in [0.4, 0.5) is 0 Å². The van der Waals surface area contributed by atoms with E-state index in [1.807, 2.05) is 48.5 Å². The lowest BCUT2D eigenvalue weighted by molar-refractivity contribution is -0.136. The number of carboxylic acids is 1. The third kappa shape index (κ3) is 6.55. The first-order chi connectivity index (χ1) is 17.8. The van der Waals surface area contributed by atoms with E-state index in [2.05, 4.69) is 45.7 Å². The molecule has 1 heterocycles. The number of amides is 1. The van der Waals surface area contributed by atoms with Crippen LogP contribution in [0.3, 0.4) is 0 Å². The average molecular weight is 619 g/mol. The van der Waals surface area contributed by atoms with E-state index in [-0.39, 0.29) is 30.7 Å². The molecule has 1 unspecified atom stereocenters. The molecule has 2 N–H and O–H groups in total. The fraction of sp³-hybridized carbons (Fsp3) is 0.241. The summed E-state index contributed by atoms with van der Waals surface area (Å²) in [5.41, 5.74) is 4.00. The lowest BCUT2D eigenvalue weighted by atomic mass is 9.75.